The summed E-state index contributed by atoms with van der Waals surface area (Å²) in [6, 6.07) is 6.25. The summed E-state index contributed by atoms with van der Waals surface area (Å²) in [7, 11) is 3.89. The summed E-state index contributed by atoms with van der Waals surface area (Å²) in [6.07, 6.45) is 1.24. The molecule has 1 saturated heterocycles. The fourth-order valence-corrected chi connectivity index (χ4v) is 2.60. The highest BCUT2D eigenvalue weighted by Gasteiger charge is 2.13. The first-order valence-electron chi connectivity index (χ1n) is 7.43. The zero-order chi connectivity index (χ0) is 14.4. The maximum Gasteiger partial charge on any atom is 0.161 e. The normalized spacial score (nSPS) is 17.8. The van der Waals surface area contributed by atoms with Crippen molar-refractivity contribution >= 4 is 0 Å². The molecule has 0 saturated carbocycles. The van der Waals surface area contributed by atoms with E-state index in [0.29, 0.717) is 6.61 Å². The highest BCUT2D eigenvalue weighted by Crippen LogP contribution is 2.28. The molecule has 1 aromatic carbocycles. The van der Waals surface area contributed by atoms with Gasteiger partial charge in [0.15, 0.2) is 11.5 Å². The summed E-state index contributed by atoms with van der Waals surface area (Å²) in [5.41, 5.74) is 1.29. The third-order valence-corrected chi connectivity index (χ3v) is 3.75. The predicted molar refractivity (Wildman–Crippen MR) is 81.6 cm³/mol. The number of ether oxygens (including phenoxy) is 2. The van der Waals surface area contributed by atoms with E-state index in [4.69, 9.17) is 9.47 Å². The van der Waals surface area contributed by atoms with E-state index in [9.17, 15) is 0 Å². The molecule has 1 aliphatic rings. The van der Waals surface area contributed by atoms with Gasteiger partial charge in [-0.25, -0.2) is 0 Å². The highest BCUT2D eigenvalue weighted by molar-refractivity contribution is 5.42. The Kier molecular flexibility index (Phi) is 5.68. The van der Waals surface area contributed by atoms with Crippen molar-refractivity contribution in [3.05, 3.63) is 23.8 Å². The topological polar surface area (TPSA) is 24.9 Å². The minimum Gasteiger partial charge on any atom is -0.493 e. The van der Waals surface area contributed by atoms with Crippen LogP contribution >= 0.6 is 0 Å². The minimum absolute atomic E-state index is 0.661. The van der Waals surface area contributed by atoms with Crippen LogP contribution in [0.5, 0.6) is 11.5 Å². The van der Waals surface area contributed by atoms with E-state index < -0.39 is 0 Å². The van der Waals surface area contributed by atoms with Crippen molar-refractivity contribution in [3.63, 3.8) is 0 Å². The monoisotopic (exact) mass is 278 g/mol. The van der Waals surface area contributed by atoms with Crippen LogP contribution in [0.2, 0.25) is 0 Å². The second-order valence-electron chi connectivity index (χ2n) is 5.35. The van der Waals surface area contributed by atoms with Crippen LogP contribution < -0.4 is 9.47 Å². The van der Waals surface area contributed by atoms with E-state index in [1.54, 1.807) is 7.11 Å². The lowest BCUT2D eigenvalue weighted by Gasteiger charge is -2.20. The molecule has 0 bridgehead atoms. The number of nitrogens with zero attached hydrogens (tertiary/aromatic N) is 2. The number of hydrogen-bond donors (Lipinski definition) is 0. The molecule has 2 rings (SSSR count). The average molecular weight is 278 g/mol. The van der Waals surface area contributed by atoms with Gasteiger partial charge in [0, 0.05) is 19.6 Å². The molecule has 0 radical (unpaired) electrons. The van der Waals surface area contributed by atoms with Crippen molar-refractivity contribution in [3.8, 4) is 11.5 Å². The lowest BCUT2D eigenvalue weighted by atomic mass is 10.2. The van der Waals surface area contributed by atoms with Crippen LogP contribution in [0.4, 0.5) is 0 Å². The van der Waals surface area contributed by atoms with Crippen molar-refractivity contribution in [1.29, 1.82) is 0 Å². The van der Waals surface area contributed by atoms with Gasteiger partial charge in [-0.1, -0.05) is 6.07 Å². The van der Waals surface area contributed by atoms with E-state index >= 15 is 0 Å². The van der Waals surface area contributed by atoms with Gasteiger partial charge < -0.3 is 14.4 Å². The summed E-state index contributed by atoms with van der Waals surface area (Å²) < 4.78 is 11.0. The van der Waals surface area contributed by atoms with Crippen LogP contribution in [0.3, 0.4) is 0 Å². The standard InChI is InChI=1S/C16H26N2O2/c1-4-20-15-7-6-14(12-16(15)19-3)13-18-9-5-8-17(2)10-11-18/h6-7,12H,4-5,8-11,13H2,1-3H3. The Morgan fingerprint density at radius 3 is 2.70 bits per heavy atom. The molecule has 0 aromatic heterocycles. The van der Waals surface area contributed by atoms with Gasteiger partial charge in [0.1, 0.15) is 0 Å². The van der Waals surface area contributed by atoms with Crippen molar-refractivity contribution in [2.45, 2.75) is 19.9 Å². The molecule has 0 unspecified atom stereocenters. The van der Waals surface area contributed by atoms with Crippen LogP contribution in [0.15, 0.2) is 18.2 Å². The summed E-state index contributed by atoms with van der Waals surface area (Å²) in [5.74, 6) is 1.66. The molecule has 1 aromatic rings. The van der Waals surface area contributed by atoms with Crippen molar-refractivity contribution in [2.75, 3.05) is 46.9 Å². The molecule has 4 heteroatoms. The zero-order valence-electron chi connectivity index (χ0n) is 12.9. The molecule has 0 N–H and O–H groups in total. The number of hydrogen-bond acceptors (Lipinski definition) is 4. The molecule has 0 amide bonds. The Morgan fingerprint density at radius 1 is 1.10 bits per heavy atom. The summed E-state index contributed by atoms with van der Waals surface area (Å²) in [4.78, 5) is 4.91. The van der Waals surface area contributed by atoms with E-state index in [1.165, 1.54) is 25.1 Å². The fourth-order valence-electron chi connectivity index (χ4n) is 2.60. The molecule has 0 atom stereocenters. The van der Waals surface area contributed by atoms with Gasteiger partial charge >= 0.3 is 0 Å². The largest absolute Gasteiger partial charge is 0.493 e. The van der Waals surface area contributed by atoms with Crippen LogP contribution in [0.1, 0.15) is 18.9 Å². The van der Waals surface area contributed by atoms with Crippen LogP contribution in [-0.4, -0.2) is 56.7 Å². The van der Waals surface area contributed by atoms with Gasteiger partial charge in [0.2, 0.25) is 0 Å². The smallest absolute Gasteiger partial charge is 0.161 e. The quantitative estimate of drug-likeness (QED) is 0.824. The first-order valence-corrected chi connectivity index (χ1v) is 7.43. The number of benzene rings is 1. The maximum atomic E-state index is 5.56. The Bertz CT molecular complexity index is 423. The van der Waals surface area contributed by atoms with E-state index in [0.717, 1.165) is 31.1 Å². The second-order valence-corrected chi connectivity index (χ2v) is 5.35. The molecule has 0 aliphatic carbocycles. The third-order valence-electron chi connectivity index (χ3n) is 3.75. The molecule has 112 valence electrons. The highest BCUT2D eigenvalue weighted by atomic mass is 16.5. The summed E-state index contributed by atoms with van der Waals surface area (Å²) in [6.45, 7) is 8.27. The van der Waals surface area contributed by atoms with E-state index in [-0.39, 0.29) is 0 Å². The predicted octanol–water partition coefficient (Wildman–Crippen LogP) is 2.23. The summed E-state index contributed by atoms with van der Waals surface area (Å²) >= 11 is 0. The Labute approximate surface area is 122 Å². The second kappa shape index (κ2) is 7.50. The fraction of sp³-hybridized carbons (Fsp3) is 0.625. The van der Waals surface area contributed by atoms with Crippen molar-refractivity contribution in [1.82, 2.24) is 9.80 Å². The van der Waals surface area contributed by atoms with Gasteiger partial charge in [-0.05, 0) is 51.2 Å². The molecule has 1 fully saturated rings. The van der Waals surface area contributed by atoms with Gasteiger partial charge in [0.25, 0.3) is 0 Å². The lowest BCUT2D eigenvalue weighted by Crippen LogP contribution is -2.28. The van der Waals surface area contributed by atoms with Gasteiger partial charge in [-0.2, -0.15) is 0 Å². The van der Waals surface area contributed by atoms with Crippen molar-refractivity contribution in [2.24, 2.45) is 0 Å². The molecule has 1 aliphatic heterocycles. The lowest BCUT2D eigenvalue weighted by molar-refractivity contribution is 0.268. The van der Waals surface area contributed by atoms with Crippen LogP contribution in [0.25, 0.3) is 0 Å². The number of methoxy groups -OCH3 is 1. The molecule has 20 heavy (non-hydrogen) atoms. The average Bonchev–Trinajstić information content (AvgIpc) is 2.66. The van der Waals surface area contributed by atoms with Crippen molar-refractivity contribution < 1.29 is 9.47 Å². The van der Waals surface area contributed by atoms with Gasteiger partial charge in [-0.15, -0.1) is 0 Å². The van der Waals surface area contributed by atoms with Crippen LogP contribution in [0, 0.1) is 0 Å². The maximum absolute atomic E-state index is 5.56. The molecule has 1 heterocycles. The molecular formula is C16H26N2O2. The Balaban J connectivity index is 2.01. The first-order chi connectivity index (χ1) is 9.72. The minimum atomic E-state index is 0.661. The van der Waals surface area contributed by atoms with E-state index in [1.807, 2.05) is 13.0 Å². The Hall–Kier alpha value is -1.26. The number of likely N-dealkylation sites (N-methyl/N-ethyl adjacent to an activating group) is 1. The first kappa shape index (κ1) is 15.1. The zero-order valence-corrected chi connectivity index (χ0v) is 12.9. The van der Waals surface area contributed by atoms with Gasteiger partial charge in [0.05, 0.1) is 13.7 Å². The molecule has 4 nitrogen and oxygen atoms in total. The molecule has 0 spiro atoms. The third kappa shape index (κ3) is 4.12. The molecular weight excluding hydrogens is 252 g/mol. The van der Waals surface area contributed by atoms with Crippen LogP contribution in [-0.2, 0) is 6.54 Å². The SMILES string of the molecule is CCOc1ccc(CN2CCCN(C)CC2)cc1OC. The van der Waals surface area contributed by atoms with Gasteiger partial charge in [-0.3, -0.25) is 4.90 Å². The van der Waals surface area contributed by atoms with E-state index in [2.05, 4.69) is 29.0 Å². The number of rotatable bonds is 5. The summed E-state index contributed by atoms with van der Waals surface area (Å²) in [5, 5.41) is 0. The Morgan fingerprint density at radius 2 is 1.95 bits per heavy atom.